The van der Waals surface area contributed by atoms with Crippen molar-refractivity contribution < 1.29 is 14.3 Å². The zero-order valence-corrected chi connectivity index (χ0v) is 8.86. The number of carbonyl (C=O) groups is 1. The number of halogens is 1. The lowest BCUT2D eigenvalue weighted by molar-refractivity contribution is 0.0690. The van der Waals surface area contributed by atoms with Crippen molar-refractivity contribution in [2.75, 3.05) is 0 Å². The van der Waals surface area contributed by atoms with Gasteiger partial charge in [-0.15, -0.1) is 0 Å². The van der Waals surface area contributed by atoms with E-state index in [1.54, 1.807) is 0 Å². The minimum atomic E-state index is -1.19. The smallest absolute Gasteiger partial charge is 0.356 e. The summed E-state index contributed by atoms with van der Waals surface area (Å²) in [6.45, 7) is 0. The molecular formula is C10H6FN5O2. The Morgan fingerprint density at radius 2 is 2.28 bits per heavy atom. The van der Waals surface area contributed by atoms with E-state index in [2.05, 4.69) is 15.1 Å². The van der Waals surface area contributed by atoms with Crippen LogP contribution in [0.15, 0.2) is 35.6 Å². The van der Waals surface area contributed by atoms with E-state index in [9.17, 15) is 9.18 Å². The second kappa shape index (κ2) is 4.56. The van der Waals surface area contributed by atoms with Gasteiger partial charge in [-0.1, -0.05) is 11.2 Å². The molecule has 0 aliphatic heterocycles. The van der Waals surface area contributed by atoms with E-state index in [4.69, 9.17) is 10.6 Å². The number of rotatable bonds is 3. The van der Waals surface area contributed by atoms with Crippen molar-refractivity contribution in [2.24, 2.45) is 5.11 Å². The Bertz CT molecular complexity index is 660. The summed E-state index contributed by atoms with van der Waals surface area (Å²) in [6.07, 6.45) is 1.33. The van der Waals surface area contributed by atoms with E-state index in [1.807, 2.05) is 0 Å². The van der Waals surface area contributed by atoms with E-state index in [0.29, 0.717) is 0 Å². The van der Waals surface area contributed by atoms with E-state index in [-0.39, 0.29) is 17.1 Å². The molecule has 0 bridgehead atoms. The lowest BCUT2D eigenvalue weighted by Crippen LogP contribution is -2.02. The first-order valence-corrected chi connectivity index (χ1v) is 4.76. The monoisotopic (exact) mass is 247 g/mol. The van der Waals surface area contributed by atoms with E-state index in [0.717, 1.165) is 10.7 Å². The Labute approximate surface area is 99.7 Å². The van der Waals surface area contributed by atoms with Gasteiger partial charge in [-0.25, -0.2) is 13.9 Å². The lowest BCUT2D eigenvalue weighted by atomic mass is 10.3. The van der Waals surface area contributed by atoms with Crippen LogP contribution in [-0.4, -0.2) is 20.9 Å². The summed E-state index contributed by atoms with van der Waals surface area (Å²) in [7, 11) is 0. The lowest BCUT2D eigenvalue weighted by Gasteiger charge is -2.03. The second-order valence-corrected chi connectivity index (χ2v) is 3.28. The molecule has 1 N–H and O–H groups in total. The third-order valence-corrected chi connectivity index (χ3v) is 2.15. The molecule has 18 heavy (non-hydrogen) atoms. The molecule has 0 spiro atoms. The molecule has 0 aliphatic carbocycles. The second-order valence-electron chi connectivity index (χ2n) is 3.28. The van der Waals surface area contributed by atoms with Gasteiger partial charge in [0, 0.05) is 16.8 Å². The van der Waals surface area contributed by atoms with Gasteiger partial charge in [0.25, 0.3) is 0 Å². The SMILES string of the molecule is [N-]=[N+]=Nc1ccc(-n2ccc(C(=O)O)n2)c(F)c1. The number of aromatic carboxylic acids is 1. The van der Waals surface area contributed by atoms with Crippen LogP contribution in [0.5, 0.6) is 0 Å². The molecule has 8 heteroatoms. The molecule has 2 rings (SSSR count). The molecule has 1 aromatic heterocycles. The number of carboxylic acid groups (broad SMARTS) is 1. The zero-order chi connectivity index (χ0) is 13.1. The standard InChI is InChI=1S/C10H6FN5O2/c11-7-5-6(13-15-12)1-2-9(7)16-4-3-8(14-16)10(17)18/h1-5H,(H,17,18). The number of hydrogen-bond acceptors (Lipinski definition) is 3. The van der Waals surface area contributed by atoms with Crippen LogP contribution < -0.4 is 0 Å². The first-order chi connectivity index (χ1) is 8.61. The van der Waals surface area contributed by atoms with Crippen LogP contribution in [-0.2, 0) is 0 Å². The number of carboxylic acids is 1. The molecule has 0 atom stereocenters. The van der Waals surface area contributed by atoms with Crippen molar-refractivity contribution in [2.45, 2.75) is 0 Å². The van der Waals surface area contributed by atoms with Crippen LogP contribution >= 0.6 is 0 Å². The maximum Gasteiger partial charge on any atom is 0.356 e. The summed E-state index contributed by atoms with van der Waals surface area (Å²) >= 11 is 0. The average molecular weight is 247 g/mol. The van der Waals surface area contributed by atoms with Crippen LogP contribution in [0.2, 0.25) is 0 Å². The van der Waals surface area contributed by atoms with Crippen molar-refractivity contribution in [3.8, 4) is 5.69 Å². The van der Waals surface area contributed by atoms with Gasteiger partial charge in [0.05, 0.1) is 0 Å². The molecule has 2 aromatic rings. The van der Waals surface area contributed by atoms with Crippen molar-refractivity contribution in [1.82, 2.24) is 9.78 Å². The van der Waals surface area contributed by atoms with Gasteiger partial charge in [-0.05, 0) is 23.7 Å². The Balaban J connectivity index is 2.44. The molecule has 0 saturated carbocycles. The van der Waals surface area contributed by atoms with Crippen molar-refractivity contribution in [3.63, 3.8) is 0 Å². The van der Waals surface area contributed by atoms with Crippen LogP contribution in [0.1, 0.15) is 10.5 Å². The predicted octanol–water partition coefficient (Wildman–Crippen LogP) is 2.65. The van der Waals surface area contributed by atoms with Gasteiger partial charge in [-0.3, -0.25) is 0 Å². The fourth-order valence-corrected chi connectivity index (χ4v) is 1.37. The molecular weight excluding hydrogens is 241 g/mol. The van der Waals surface area contributed by atoms with Crippen LogP contribution in [0.3, 0.4) is 0 Å². The molecule has 0 radical (unpaired) electrons. The number of benzene rings is 1. The van der Waals surface area contributed by atoms with Crippen LogP contribution in [0.25, 0.3) is 16.1 Å². The minimum Gasteiger partial charge on any atom is -0.476 e. The number of nitrogens with zero attached hydrogens (tertiary/aromatic N) is 5. The zero-order valence-electron chi connectivity index (χ0n) is 8.86. The Hall–Kier alpha value is -2.86. The third kappa shape index (κ3) is 2.13. The first-order valence-electron chi connectivity index (χ1n) is 4.76. The number of aromatic nitrogens is 2. The molecule has 0 amide bonds. The Kier molecular flexibility index (Phi) is 2.94. The quantitative estimate of drug-likeness (QED) is 0.512. The molecule has 90 valence electrons. The first kappa shape index (κ1) is 11.6. The van der Waals surface area contributed by atoms with Gasteiger partial charge in [0.1, 0.15) is 11.5 Å². The summed E-state index contributed by atoms with van der Waals surface area (Å²) in [4.78, 5) is 13.2. The van der Waals surface area contributed by atoms with Gasteiger partial charge in [-0.2, -0.15) is 5.10 Å². The van der Waals surface area contributed by atoms with Crippen molar-refractivity contribution in [1.29, 1.82) is 0 Å². The van der Waals surface area contributed by atoms with Gasteiger partial charge in [0.2, 0.25) is 0 Å². The highest BCUT2D eigenvalue weighted by atomic mass is 19.1. The minimum absolute atomic E-state index is 0.0689. The predicted molar refractivity (Wildman–Crippen MR) is 59.3 cm³/mol. The van der Waals surface area contributed by atoms with Crippen molar-refractivity contribution >= 4 is 11.7 Å². The summed E-state index contributed by atoms with van der Waals surface area (Å²) in [5.74, 6) is -1.86. The Morgan fingerprint density at radius 3 is 2.83 bits per heavy atom. The fraction of sp³-hybridized carbons (Fsp3) is 0. The summed E-state index contributed by atoms with van der Waals surface area (Å²) in [5, 5.41) is 15.6. The summed E-state index contributed by atoms with van der Waals surface area (Å²) in [5.41, 5.74) is 8.23. The summed E-state index contributed by atoms with van der Waals surface area (Å²) in [6, 6.07) is 5.04. The third-order valence-electron chi connectivity index (χ3n) is 2.15. The topological polar surface area (TPSA) is 104 Å². The number of hydrogen-bond donors (Lipinski definition) is 1. The molecule has 0 aliphatic rings. The average Bonchev–Trinajstić information content (AvgIpc) is 2.79. The Morgan fingerprint density at radius 1 is 1.50 bits per heavy atom. The van der Waals surface area contributed by atoms with Gasteiger partial charge in [0.15, 0.2) is 5.69 Å². The largest absolute Gasteiger partial charge is 0.476 e. The maximum absolute atomic E-state index is 13.7. The fourth-order valence-electron chi connectivity index (χ4n) is 1.37. The number of azide groups is 1. The summed E-state index contributed by atoms with van der Waals surface area (Å²) < 4.78 is 14.8. The van der Waals surface area contributed by atoms with Crippen molar-refractivity contribution in [3.05, 3.63) is 52.4 Å². The van der Waals surface area contributed by atoms with Crippen LogP contribution in [0.4, 0.5) is 10.1 Å². The van der Waals surface area contributed by atoms with Gasteiger partial charge < -0.3 is 5.11 Å². The molecule has 7 nitrogen and oxygen atoms in total. The molecule has 1 heterocycles. The van der Waals surface area contributed by atoms with E-state index >= 15 is 0 Å². The van der Waals surface area contributed by atoms with Gasteiger partial charge >= 0.3 is 5.97 Å². The molecule has 1 aromatic carbocycles. The van der Waals surface area contributed by atoms with E-state index < -0.39 is 11.8 Å². The molecule has 0 saturated heterocycles. The molecule has 0 fully saturated rings. The highest BCUT2D eigenvalue weighted by Crippen LogP contribution is 2.20. The normalized spacial score (nSPS) is 9.83. The highest BCUT2D eigenvalue weighted by molar-refractivity contribution is 5.85. The maximum atomic E-state index is 13.7. The van der Waals surface area contributed by atoms with Crippen LogP contribution in [0, 0.1) is 5.82 Å². The highest BCUT2D eigenvalue weighted by Gasteiger charge is 2.10. The molecule has 0 unspecified atom stereocenters. The van der Waals surface area contributed by atoms with E-state index in [1.165, 1.54) is 24.4 Å².